The Morgan fingerprint density at radius 3 is 2.74 bits per heavy atom. The van der Waals surface area contributed by atoms with Crippen molar-refractivity contribution in [2.24, 2.45) is 5.92 Å². The fourth-order valence-corrected chi connectivity index (χ4v) is 4.40. The average Bonchev–Trinajstić information content (AvgIpc) is 3.22. The number of hydrogen-bond donors (Lipinski definition) is 1. The number of likely N-dealkylation sites (tertiary alicyclic amines) is 1. The first-order valence-electron chi connectivity index (χ1n) is 10.5. The standard InChI is InChI=1S/C21H26F3N5O2/c1-13-5-7-16(8-6-13)31-14(2)19(30)28-9-3-4-15(11-28)17-10-18(21(22,23)24)29-20(27-17)25-12-26-29/h5-8,12,14-15,17-18H,3-4,9-11H2,1-2H3,(H,25,26,27)/t14?,15?,17-,18+/m0/s1. The van der Waals surface area contributed by atoms with Gasteiger partial charge in [0, 0.05) is 19.1 Å². The highest BCUT2D eigenvalue weighted by Crippen LogP contribution is 2.40. The van der Waals surface area contributed by atoms with Crippen LogP contribution in [-0.4, -0.2) is 57.0 Å². The Balaban J connectivity index is 1.42. The minimum Gasteiger partial charge on any atom is -0.481 e. The number of nitrogens with zero attached hydrogens (tertiary/aromatic N) is 4. The van der Waals surface area contributed by atoms with Crippen molar-refractivity contribution in [2.45, 2.75) is 57.5 Å². The third-order valence-corrected chi connectivity index (χ3v) is 6.06. The first kappa shape index (κ1) is 21.5. The van der Waals surface area contributed by atoms with Crippen LogP contribution in [0.25, 0.3) is 0 Å². The molecule has 1 aromatic heterocycles. The molecule has 0 saturated carbocycles. The van der Waals surface area contributed by atoms with E-state index in [2.05, 4.69) is 15.4 Å². The van der Waals surface area contributed by atoms with Crippen molar-refractivity contribution in [3.63, 3.8) is 0 Å². The van der Waals surface area contributed by atoms with Gasteiger partial charge in [-0.2, -0.15) is 23.3 Å². The number of carbonyl (C=O) groups excluding carboxylic acids is 1. The second kappa shape index (κ2) is 8.39. The second-order valence-electron chi connectivity index (χ2n) is 8.33. The van der Waals surface area contributed by atoms with E-state index in [-0.39, 0.29) is 24.2 Å². The molecule has 0 radical (unpaired) electrons. The van der Waals surface area contributed by atoms with E-state index >= 15 is 0 Å². The molecule has 4 rings (SSSR count). The Morgan fingerprint density at radius 2 is 2.03 bits per heavy atom. The van der Waals surface area contributed by atoms with Gasteiger partial charge in [0.15, 0.2) is 12.1 Å². The zero-order valence-corrected chi connectivity index (χ0v) is 17.5. The molecule has 2 aromatic rings. The molecule has 3 heterocycles. The number of piperidine rings is 1. The van der Waals surface area contributed by atoms with Crippen LogP contribution < -0.4 is 10.1 Å². The summed E-state index contributed by atoms with van der Waals surface area (Å²) in [5, 5.41) is 6.84. The lowest BCUT2D eigenvalue weighted by Gasteiger charge is -2.41. The fraction of sp³-hybridized carbons (Fsp3) is 0.571. The normalized spacial score (nSPS) is 24.8. The maximum Gasteiger partial charge on any atom is 0.411 e. The van der Waals surface area contributed by atoms with Crippen LogP contribution in [0.4, 0.5) is 19.1 Å². The zero-order chi connectivity index (χ0) is 22.2. The summed E-state index contributed by atoms with van der Waals surface area (Å²) in [7, 11) is 0. The first-order valence-corrected chi connectivity index (χ1v) is 10.5. The van der Waals surface area contributed by atoms with E-state index in [1.165, 1.54) is 0 Å². The number of carbonyl (C=O) groups is 1. The Hall–Kier alpha value is -2.78. The first-order chi connectivity index (χ1) is 14.7. The molecule has 1 N–H and O–H groups in total. The molecule has 10 heteroatoms. The van der Waals surface area contributed by atoms with E-state index in [4.69, 9.17) is 4.74 Å². The van der Waals surface area contributed by atoms with Gasteiger partial charge in [-0.3, -0.25) is 4.79 Å². The molecule has 2 aliphatic rings. The third-order valence-electron chi connectivity index (χ3n) is 6.06. The van der Waals surface area contributed by atoms with E-state index in [1.807, 2.05) is 31.2 Å². The average molecular weight is 437 g/mol. The molecule has 0 spiro atoms. The number of anilines is 1. The molecule has 2 aliphatic heterocycles. The molecular formula is C21H26F3N5O2. The van der Waals surface area contributed by atoms with Crippen LogP contribution in [0.15, 0.2) is 30.6 Å². The maximum atomic E-state index is 13.6. The molecule has 1 aromatic carbocycles. The quantitative estimate of drug-likeness (QED) is 0.792. The van der Waals surface area contributed by atoms with Crippen molar-refractivity contribution in [1.29, 1.82) is 0 Å². The third kappa shape index (κ3) is 4.62. The minimum absolute atomic E-state index is 0.112. The monoisotopic (exact) mass is 437 g/mol. The number of amides is 1. The summed E-state index contributed by atoms with van der Waals surface area (Å²) >= 11 is 0. The van der Waals surface area contributed by atoms with Gasteiger partial charge in [0.25, 0.3) is 5.91 Å². The topological polar surface area (TPSA) is 72.3 Å². The Kier molecular flexibility index (Phi) is 5.81. The summed E-state index contributed by atoms with van der Waals surface area (Å²) in [4.78, 5) is 18.6. The van der Waals surface area contributed by atoms with Crippen LogP contribution in [-0.2, 0) is 4.79 Å². The fourth-order valence-electron chi connectivity index (χ4n) is 4.40. The van der Waals surface area contributed by atoms with Crippen LogP contribution in [0.5, 0.6) is 5.75 Å². The van der Waals surface area contributed by atoms with E-state index in [0.717, 1.165) is 29.4 Å². The lowest BCUT2D eigenvalue weighted by Crippen LogP contribution is -2.51. The number of benzene rings is 1. The van der Waals surface area contributed by atoms with Gasteiger partial charge in [-0.05, 0) is 51.2 Å². The summed E-state index contributed by atoms with van der Waals surface area (Å²) < 4.78 is 47.4. The number of nitrogens with one attached hydrogen (secondary N) is 1. The van der Waals surface area contributed by atoms with Crippen molar-refractivity contribution in [3.8, 4) is 5.75 Å². The molecule has 1 saturated heterocycles. The van der Waals surface area contributed by atoms with Gasteiger partial charge in [0.2, 0.25) is 5.95 Å². The highest BCUT2D eigenvalue weighted by molar-refractivity contribution is 5.81. The molecule has 2 unspecified atom stereocenters. The smallest absolute Gasteiger partial charge is 0.411 e. The number of halogens is 3. The van der Waals surface area contributed by atoms with Gasteiger partial charge in [0.05, 0.1) is 0 Å². The number of alkyl halides is 3. The highest BCUT2D eigenvalue weighted by Gasteiger charge is 2.48. The van der Waals surface area contributed by atoms with Crippen molar-refractivity contribution in [1.82, 2.24) is 19.7 Å². The molecule has 1 amide bonds. The van der Waals surface area contributed by atoms with Crippen LogP contribution in [0.1, 0.15) is 37.8 Å². The predicted octanol–water partition coefficient (Wildman–Crippen LogP) is 3.58. The summed E-state index contributed by atoms with van der Waals surface area (Å²) in [6, 6.07) is 5.30. The van der Waals surface area contributed by atoms with Gasteiger partial charge in [-0.15, -0.1) is 0 Å². The van der Waals surface area contributed by atoms with E-state index in [0.29, 0.717) is 18.8 Å². The van der Waals surface area contributed by atoms with Gasteiger partial charge in [-0.25, -0.2) is 4.68 Å². The Morgan fingerprint density at radius 1 is 1.29 bits per heavy atom. The Labute approximate surface area is 178 Å². The number of aryl methyl sites for hydroxylation is 1. The summed E-state index contributed by atoms with van der Waals surface area (Å²) in [5.74, 6) is 0.468. The summed E-state index contributed by atoms with van der Waals surface area (Å²) in [6.07, 6.45) is -2.62. The van der Waals surface area contributed by atoms with Crippen LogP contribution in [0.3, 0.4) is 0 Å². The minimum atomic E-state index is -4.41. The SMILES string of the molecule is Cc1ccc(OC(C)C(=O)N2CCCC([C@@H]3C[C@H](C(F)(F)F)n4ncnc4N3)C2)cc1. The lowest BCUT2D eigenvalue weighted by atomic mass is 9.86. The predicted molar refractivity (Wildman–Crippen MR) is 108 cm³/mol. The molecule has 1 fully saturated rings. The number of aromatic nitrogens is 3. The number of ether oxygens (including phenoxy) is 1. The summed E-state index contributed by atoms with van der Waals surface area (Å²) in [5.41, 5.74) is 1.10. The van der Waals surface area contributed by atoms with Gasteiger partial charge in [0.1, 0.15) is 12.1 Å². The van der Waals surface area contributed by atoms with Crippen LogP contribution in [0.2, 0.25) is 0 Å². The van der Waals surface area contributed by atoms with Gasteiger partial charge in [-0.1, -0.05) is 17.7 Å². The molecule has 4 atom stereocenters. The molecule has 7 nitrogen and oxygen atoms in total. The molecule has 0 bridgehead atoms. The molecular weight excluding hydrogens is 411 g/mol. The number of fused-ring (bicyclic) bond motifs is 1. The number of rotatable bonds is 4. The molecule has 168 valence electrons. The van der Waals surface area contributed by atoms with Crippen LogP contribution in [0, 0.1) is 12.8 Å². The van der Waals surface area contributed by atoms with Crippen molar-refractivity contribution in [3.05, 3.63) is 36.2 Å². The van der Waals surface area contributed by atoms with Crippen molar-refractivity contribution >= 4 is 11.9 Å². The largest absolute Gasteiger partial charge is 0.481 e. The maximum absolute atomic E-state index is 13.6. The van der Waals surface area contributed by atoms with E-state index < -0.39 is 24.4 Å². The van der Waals surface area contributed by atoms with E-state index in [1.54, 1.807) is 11.8 Å². The van der Waals surface area contributed by atoms with Crippen molar-refractivity contribution < 1.29 is 22.7 Å². The van der Waals surface area contributed by atoms with Crippen LogP contribution >= 0.6 is 0 Å². The number of hydrogen-bond acceptors (Lipinski definition) is 5. The van der Waals surface area contributed by atoms with Crippen molar-refractivity contribution in [2.75, 3.05) is 18.4 Å². The Bertz CT molecular complexity index is 914. The van der Waals surface area contributed by atoms with Gasteiger partial charge < -0.3 is 15.0 Å². The van der Waals surface area contributed by atoms with E-state index in [9.17, 15) is 18.0 Å². The second-order valence-corrected chi connectivity index (χ2v) is 8.33. The molecule has 31 heavy (non-hydrogen) atoms. The van der Waals surface area contributed by atoms with Gasteiger partial charge >= 0.3 is 6.18 Å². The zero-order valence-electron chi connectivity index (χ0n) is 17.5. The molecule has 0 aliphatic carbocycles. The highest BCUT2D eigenvalue weighted by atomic mass is 19.4. The lowest BCUT2D eigenvalue weighted by molar-refractivity contribution is -0.175. The summed E-state index contributed by atoms with van der Waals surface area (Å²) in [6.45, 7) is 4.63.